The molecule has 4 heteroatoms. The Labute approximate surface area is 78.5 Å². The van der Waals surface area contributed by atoms with Gasteiger partial charge in [0.1, 0.15) is 0 Å². The van der Waals surface area contributed by atoms with Gasteiger partial charge in [0.15, 0.2) is 5.82 Å². The standard InChI is InChI=1S/C9H17N3O/c1-5-6(2)7-11-8(12-13-7)9(3,4)10/h6H,5,10H2,1-4H3. The van der Waals surface area contributed by atoms with Crippen molar-refractivity contribution in [3.8, 4) is 0 Å². The maximum absolute atomic E-state index is 5.83. The molecular weight excluding hydrogens is 166 g/mol. The van der Waals surface area contributed by atoms with Gasteiger partial charge >= 0.3 is 0 Å². The third-order valence-corrected chi connectivity index (χ3v) is 2.05. The van der Waals surface area contributed by atoms with E-state index in [4.69, 9.17) is 10.3 Å². The smallest absolute Gasteiger partial charge is 0.229 e. The average molecular weight is 183 g/mol. The predicted octanol–water partition coefficient (Wildman–Crippen LogP) is 1.78. The van der Waals surface area contributed by atoms with Crippen molar-refractivity contribution in [2.45, 2.75) is 45.6 Å². The molecule has 0 spiro atoms. The van der Waals surface area contributed by atoms with Crippen LogP contribution < -0.4 is 5.73 Å². The van der Waals surface area contributed by atoms with Crippen LogP contribution in [0, 0.1) is 0 Å². The Kier molecular flexibility index (Phi) is 2.71. The molecule has 0 aliphatic heterocycles. The molecule has 0 saturated heterocycles. The minimum Gasteiger partial charge on any atom is -0.339 e. The zero-order valence-electron chi connectivity index (χ0n) is 8.66. The number of aromatic nitrogens is 2. The molecule has 0 aliphatic carbocycles. The monoisotopic (exact) mass is 183 g/mol. The molecular formula is C9H17N3O. The minimum atomic E-state index is -0.519. The summed E-state index contributed by atoms with van der Waals surface area (Å²) >= 11 is 0. The van der Waals surface area contributed by atoms with Gasteiger partial charge in [0.2, 0.25) is 5.89 Å². The summed E-state index contributed by atoms with van der Waals surface area (Å²) in [5.74, 6) is 1.56. The van der Waals surface area contributed by atoms with Crippen LogP contribution in [0.2, 0.25) is 0 Å². The summed E-state index contributed by atoms with van der Waals surface area (Å²) in [6.07, 6.45) is 0.993. The van der Waals surface area contributed by atoms with Crippen LogP contribution >= 0.6 is 0 Å². The molecule has 1 aromatic rings. The van der Waals surface area contributed by atoms with Gasteiger partial charge in [0, 0.05) is 5.92 Å². The lowest BCUT2D eigenvalue weighted by atomic mass is 10.1. The molecule has 1 atom stereocenters. The van der Waals surface area contributed by atoms with Crippen LogP contribution in [-0.2, 0) is 5.54 Å². The van der Waals surface area contributed by atoms with Gasteiger partial charge in [0.25, 0.3) is 0 Å². The van der Waals surface area contributed by atoms with Crippen molar-refractivity contribution in [3.63, 3.8) is 0 Å². The molecule has 0 aromatic carbocycles. The molecule has 4 nitrogen and oxygen atoms in total. The molecule has 1 rings (SSSR count). The van der Waals surface area contributed by atoms with Crippen molar-refractivity contribution in [1.29, 1.82) is 0 Å². The van der Waals surface area contributed by atoms with Crippen molar-refractivity contribution in [3.05, 3.63) is 11.7 Å². The molecule has 0 fully saturated rings. The fraction of sp³-hybridized carbons (Fsp3) is 0.778. The SMILES string of the molecule is CCC(C)c1nc(C(C)(C)N)no1. The average Bonchev–Trinajstić information content (AvgIpc) is 2.50. The number of hydrogen-bond acceptors (Lipinski definition) is 4. The highest BCUT2D eigenvalue weighted by molar-refractivity contribution is 5.01. The second-order valence-electron chi connectivity index (χ2n) is 3.99. The van der Waals surface area contributed by atoms with Crippen molar-refractivity contribution in [1.82, 2.24) is 10.1 Å². The van der Waals surface area contributed by atoms with Crippen LogP contribution in [0.15, 0.2) is 4.52 Å². The van der Waals surface area contributed by atoms with E-state index in [-0.39, 0.29) is 0 Å². The Bertz CT molecular complexity index is 275. The van der Waals surface area contributed by atoms with Crippen molar-refractivity contribution < 1.29 is 4.52 Å². The molecule has 1 unspecified atom stereocenters. The fourth-order valence-corrected chi connectivity index (χ4v) is 0.872. The molecule has 0 bridgehead atoms. The lowest BCUT2D eigenvalue weighted by Gasteiger charge is -2.11. The molecule has 74 valence electrons. The van der Waals surface area contributed by atoms with E-state index in [9.17, 15) is 0 Å². The van der Waals surface area contributed by atoms with E-state index in [1.165, 1.54) is 0 Å². The van der Waals surface area contributed by atoms with E-state index in [0.29, 0.717) is 17.6 Å². The highest BCUT2D eigenvalue weighted by Gasteiger charge is 2.22. The van der Waals surface area contributed by atoms with Crippen LogP contribution in [0.4, 0.5) is 0 Å². The second kappa shape index (κ2) is 3.46. The summed E-state index contributed by atoms with van der Waals surface area (Å²) in [6.45, 7) is 7.86. The molecule has 0 radical (unpaired) electrons. The number of nitrogens with two attached hydrogens (primary N) is 1. The van der Waals surface area contributed by atoms with Crippen LogP contribution in [-0.4, -0.2) is 10.1 Å². The quantitative estimate of drug-likeness (QED) is 0.775. The first kappa shape index (κ1) is 10.2. The molecule has 1 heterocycles. The zero-order chi connectivity index (χ0) is 10.1. The third kappa shape index (κ3) is 2.28. The van der Waals surface area contributed by atoms with E-state index in [1.807, 2.05) is 13.8 Å². The van der Waals surface area contributed by atoms with Gasteiger partial charge in [-0.2, -0.15) is 4.98 Å². The number of rotatable bonds is 3. The van der Waals surface area contributed by atoms with Crippen LogP contribution in [0.5, 0.6) is 0 Å². The highest BCUT2D eigenvalue weighted by Crippen LogP contribution is 2.19. The van der Waals surface area contributed by atoms with Gasteiger partial charge in [-0.1, -0.05) is 19.0 Å². The van der Waals surface area contributed by atoms with Gasteiger partial charge in [-0.25, -0.2) is 0 Å². The molecule has 0 saturated carbocycles. The Hall–Kier alpha value is -0.900. The minimum absolute atomic E-state index is 0.309. The van der Waals surface area contributed by atoms with Crippen molar-refractivity contribution in [2.24, 2.45) is 5.73 Å². The summed E-state index contributed by atoms with van der Waals surface area (Å²) < 4.78 is 5.10. The Morgan fingerprint density at radius 3 is 2.54 bits per heavy atom. The first-order valence-electron chi connectivity index (χ1n) is 4.58. The van der Waals surface area contributed by atoms with Crippen molar-refractivity contribution in [2.75, 3.05) is 0 Å². The molecule has 0 amide bonds. The first-order chi connectivity index (χ1) is 5.95. The Morgan fingerprint density at radius 2 is 2.15 bits per heavy atom. The van der Waals surface area contributed by atoms with Crippen LogP contribution in [0.25, 0.3) is 0 Å². The maximum Gasteiger partial charge on any atom is 0.229 e. The van der Waals surface area contributed by atoms with Crippen molar-refractivity contribution >= 4 is 0 Å². The van der Waals surface area contributed by atoms with Gasteiger partial charge in [-0.3, -0.25) is 0 Å². The van der Waals surface area contributed by atoms with Gasteiger partial charge in [0.05, 0.1) is 5.54 Å². The molecule has 13 heavy (non-hydrogen) atoms. The van der Waals surface area contributed by atoms with E-state index in [1.54, 1.807) is 0 Å². The van der Waals surface area contributed by atoms with E-state index < -0.39 is 5.54 Å². The van der Waals surface area contributed by atoms with Gasteiger partial charge < -0.3 is 10.3 Å². The molecule has 2 N–H and O–H groups in total. The zero-order valence-corrected chi connectivity index (χ0v) is 8.66. The van der Waals surface area contributed by atoms with E-state index >= 15 is 0 Å². The number of hydrogen-bond donors (Lipinski definition) is 1. The summed E-state index contributed by atoms with van der Waals surface area (Å²) in [4.78, 5) is 4.25. The lowest BCUT2D eigenvalue weighted by molar-refractivity contribution is 0.344. The summed E-state index contributed by atoms with van der Waals surface area (Å²) in [7, 11) is 0. The highest BCUT2D eigenvalue weighted by atomic mass is 16.5. The topological polar surface area (TPSA) is 64.9 Å². The van der Waals surface area contributed by atoms with E-state index in [2.05, 4.69) is 24.0 Å². The summed E-state index contributed by atoms with van der Waals surface area (Å²) in [6, 6.07) is 0. The summed E-state index contributed by atoms with van der Waals surface area (Å²) in [5, 5.41) is 3.85. The largest absolute Gasteiger partial charge is 0.339 e. The first-order valence-corrected chi connectivity index (χ1v) is 4.58. The van der Waals surface area contributed by atoms with Gasteiger partial charge in [-0.15, -0.1) is 0 Å². The lowest BCUT2D eigenvalue weighted by Crippen LogP contribution is -2.30. The second-order valence-corrected chi connectivity index (χ2v) is 3.99. The summed E-state index contributed by atoms with van der Waals surface area (Å²) in [5.41, 5.74) is 5.31. The molecule has 0 aliphatic rings. The molecule has 1 aromatic heterocycles. The maximum atomic E-state index is 5.83. The Balaban J connectivity index is 2.87. The number of nitrogens with zero attached hydrogens (tertiary/aromatic N) is 2. The fourth-order valence-electron chi connectivity index (χ4n) is 0.872. The third-order valence-electron chi connectivity index (χ3n) is 2.05. The van der Waals surface area contributed by atoms with Crippen LogP contribution in [0.3, 0.4) is 0 Å². The Morgan fingerprint density at radius 1 is 1.54 bits per heavy atom. The van der Waals surface area contributed by atoms with Gasteiger partial charge in [-0.05, 0) is 20.3 Å². The van der Waals surface area contributed by atoms with E-state index in [0.717, 1.165) is 6.42 Å². The predicted molar refractivity (Wildman–Crippen MR) is 50.2 cm³/mol. The van der Waals surface area contributed by atoms with Crippen LogP contribution in [0.1, 0.15) is 51.7 Å². The normalized spacial score (nSPS) is 14.5.